The van der Waals surface area contributed by atoms with Gasteiger partial charge in [0.2, 0.25) is 17.7 Å². The largest absolute Gasteiger partial charge is 0.368 e. The van der Waals surface area contributed by atoms with Crippen molar-refractivity contribution in [3.63, 3.8) is 0 Å². The van der Waals surface area contributed by atoms with Gasteiger partial charge in [-0.15, -0.1) is 0 Å². The van der Waals surface area contributed by atoms with Crippen molar-refractivity contribution in [2.24, 2.45) is 0 Å². The first-order valence-electron chi connectivity index (χ1n) is 12.6. The van der Waals surface area contributed by atoms with Crippen LogP contribution in [0.2, 0.25) is 0 Å². The van der Waals surface area contributed by atoms with E-state index < -0.39 is 11.2 Å². The highest BCUT2D eigenvalue weighted by Gasteiger charge is 2.56. The molecule has 2 heterocycles. The topological polar surface area (TPSA) is 60.9 Å². The van der Waals surface area contributed by atoms with Crippen LogP contribution in [0, 0.1) is 5.82 Å². The molecule has 184 valence electrons. The van der Waals surface area contributed by atoms with Crippen molar-refractivity contribution >= 4 is 23.4 Å². The Bertz CT molecular complexity index is 1120. The van der Waals surface area contributed by atoms with Crippen LogP contribution in [0.4, 0.5) is 10.1 Å². The second-order valence-electron chi connectivity index (χ2n) is 10.2. The lowest BCUT2D eigenvalue weighted by molar-refractivity contribution is -0.145. The molecule has 3 fully saturated rings. The average molecular weight is 478 g/mol. The fourth-order valence-corrected chi connectivity index (χ4v) is 6.11. The lowest BCUT2D eigenvalue weighted by Gasteiger charge is -2.42. The SMILES string of the molecule is C[C@@H]1CN(c2ccccc2)CCN1C(=O)C[C@]1(c2cccc(F)c2)CC(=O)N(C2CCCC2)C1=O. The average Bonchev–Trinajstić information content (AvgIpc) is 3.46. The first-order valence-corrected chi connectivity index (χ1v) is 12.6. The summed E-state index contributed by atoms with van der Waals surface area (Å²) in [4.78, 5) is 46.2. The molecule has 0 radical (unpaired) electrons. The third-order valence-corrected chi connectivity index (χ3v) is 7.94. The maximum atomic E-state index is 14.3. The monoisotopic (exact) mass is 477 g/mol. The summed E-state index contributed by atoms with van der Waals surface area (Å²) in [6, 6.07) is 15.8. The van der Waals surface area contributed by atoms with E-state index in [1.807, 2.05) is 30.0 Å². The number of hydrogen-bond donors (Lipinski definition) is 0. The van der Waals surface area contributed by atoms with Gasteiger partial charge in [-0.1, -0.05) is 43.2 Å². The summed E-state index contributed by atoms with van der Waals surface area (Å²) in [6.07, 6.45) is 3.34. The molecule has 2 atom stereocenters. The van der Waals surface area contributed by atoms with Gasteiger partial charge in [0, 0.05) is 50.2 Å². The van der Waals surface area contributed by atoms with Crippen LogP contribution >= 0.6 is 0 Å². The Morgan fingerprint density at radius 2 is 1.77 bits per heavy atom. The number of nitrogens with zero attached hydrogens (tertiary/aromatic N) is 3. The van der Waals surface area contributed by atoms with E-state index in [0.717, 1.165) is 31.4 Å². The Morgan fingerprint density at radius 1 is 1.03 bits per heavy atom. The van der Waals surface area contributed by atoms with Crippen LogP contribution in [0.25, 0.3) is 0 Å². The summed E-state index contributed by atoms with van der Waals surface area (Å²) in [5, 5.41) is 0. The molecular formula is C28H32FN3O3. The maximum absolute atomic E-state index is 14.3. The van der Waals surface area contributed by atoms with Gasteiger partial charge in [-0.3, -0.25) is 19.3 Å². The molecule has 2 aromatic carbocycles. The molecule has 35 heavy (non-hydrogen) atoms. The van der Waals surface area contributed by atoms with Crippen LogP contribution < -0.4 is 4.90 Å². The minimum atomic E-state index is -1.35. The van der Waals surface area contributed by atoms with Crippen LogP contribution in [0.3, 0.4) is 0 Å². The standard InChI is InChI=1S/C28H32FN3O3/c1-20-19-30(23-10-3-2-4-11-23)14-15-31(20)25(33)17-28(21-8-7-9-22(29)16-21)18-26(34)32(27(28)35)24-12-5-6-13-24/h2-4,7-11,16,20,24H,5-6,12-15,17-19H2,1H3/t20-,28-/m1/s1. The predicted molar refractivity (Wildman–Crippen MR) is 131 cm³/mol. The molecule has 2 aliphatic heterocycles. The summed E-state index contributed by atoms with van der Waals surface area (Å²) >= 11 is 0. The lowest BCUT2D eigenvalue weighted by Crippen LogP contribution is -2.55. The van der Waals surface area contributed by atoms with Crippen LogP contribution in [-0.2, 0) is 19.8 Å². The van der Waals surface area contributed by atoms with E-state index in [-0.39, 0.29) is 42.6 Å². The van der Waals surface area contributed by atoms with Gasteiger partial charge in [-0.2, -0.15) is 0 Å². The van der Waals surface area contributed by atoms with Gasteiger partial charge in [0.05, 0.1) is 5.41 Å². The molecule has 7 heteroatoms. The van der Waals surface area contributed by atoms with Gasteiger partial charge in [0.1, 0.15) is 5.82 Å². The summed E-state index contributed by atoms with van der Waals surface area (Å²) < 4.78 is 14.3. The predicted octanol–water partition coefficient (Wildman–Crippen LogP) is 3.89. The van der Waals surface area contributed by atoms with E-state index in [9.17, 15) is 18.8 Å². The van der Waals surface area contributed by atoms with Crippen molar-refractivity contribution in [1.29, 1.82) is 0 Å². The number of halogens is 1. The molecule has 3 aliphatic rings. The molecule has 5 rings (SSSR count). The summed E-state index contributed by atoms with van der Waals surface area (Å²) in [7, 11) is 0. The number of imide groups is 1. The summed E-state index contributed by atoms with van der Waals surface area (Å²) in [6.45, 7) is 3.91. The highest BCUT2D eigenvalue weighted by atomic mass is 19.1. The zero-order chi connectivity index (χ0) is 24.6. The Kier molecular flexibility index (Phi) is 6.34. The molecule has 2 aromatic rings. The van der Waals surface area contributed by atoms with Crippen molar-refractivity contribution in [2.45, 2.75) is 62.9 Å². The highest BCUT2D eigenvalue weighted by Crippen LogP contribution is 2.43. The molecule has 1 aliphatic carbocycles. The Labute approximate surface area is 205 Å². The third kappa shape index (κ3) is 4.32. The molecule has 1 saturated carbocycles. The molecule has 0 bridgehead atoms. The lowest BCUT2D eigenvalue weighted by atomic mass is 9.75. The number of benzene rings is 2. The van der Waals surface area contributed by atoms with Gasteiger partial charge in [0.25, 0.3) is 0 Å². The molecule has 3 amide bonds. The first-order chi connectivity index (χ1) is 16.9. The summed E-state index contributed by atoms with van der Waals surface area (Å²) in [5.74, 6) is -1.23. The van der Waals surface area contributed by atoms with Crippen LogP contribution in [0.15, 0.2) is 54.6 Å². The smallest absolute Gasteiger partial charge is 0.241 e. The van der Waals surface area contributed by atoms with Crippen molar-refractivity contribution in [2.75, 3.05) is 24.5 Å². The molecule has 0 aromatic heterocycles. The fourth-order valence-electron chi connectivity index (χ4n) is 6.11. The number of hydrogen-bond acceptors (Lipinski definition) is 4. The van der Waals surface area contributed by atoms with Gasteiger partial charge in [-0.25, -0.2) is 4.39 Å². The van der Waals surface area contributed by atoms with Crippen LogP contribution in [0.1, 0.15) is 51.0 Å². The minimum absolute atomic E-state index is 0.0563. The Balaban J connectivity index is 1.40. The zero-order valence-corrected chi connectivity index (χ0v) is 20.2. The Morgan fingerprint density at radius 3 is 2.46 bits per heavy atom. The Hall–Kier alpha value is -3.22. The van der Waals surface area contributed by atoms with Crippen molar-refractivity contribution < 1.29 is 18.8 Å². The zero-order valence-electron chi connectivity index (χ0n) is 20.2. The van der Waals surface area contributed by atoms with E-state index >= 15 is 0 Å². The van der Waals surface area contributed by atoms with E-state index in [0.29, 0.717) is 25.2 Å². The third-order valence-electron chi connectivity index (χ3n) is 7.94. The van der Waals surface area contributed by atoms with E-state index in [2.05, 4.69) is 17.0 Å². The quantitative estimate of drug-likeness (QED) is 0.613. The fraction of sp³-hybridized carbons (Fsp3) is 0.464. The number of amides is 3. The number of rotatable bonds is 5. The molecule has 0 spiro atoms. The maximum Gasteiger partial charge on any atom is 0.241 e. The number of anilines is 1. The van der Waals surface area contributed by atoms with Gasteiger partial charge in [-0.05, 0) is 49.6 Å². The molecule has 2 saturated heterocycles. The minimum Gasteiger partial charge on any atom is -0.368 e. The second-order valence-corrected chi connectivity index (χ2v) is 10.2. The van der Waals surface area contributed by atoms with Crippen molar-refractivity contribution in [1.82, 2.24) is 9.80 Å². The van der Waals surface area contributed by atoms with Crippen LogP contribution in [0.5, 0.6) is 0 Å². The van der Waals surface area contributed by atoms with Crippen molar-refractivity contribution in [3.05, 3.63) is 66.0 Å². The van der Waals surface area contributed by atoms with Crippen LogP contribution in [-0.4, -0.2) is 59.2 Å². The highest BCUT2D eigenvalue weighted by molar-refractivity contribution is 6.11. The number of para-hydroxylation sites is 1. The number of carbonyl (C=O) groups excluding carboxylic acids is 3. The number of carbonyl (C=O) groups is 3. The normalized spacial score (nSPS) is 25.5. The van der Waals surface area contributed by atoms with E-state index in [1.165, 1.54) is 17.0 Å². The number of piperazine rings is 1. The molecule has 0 unspecified atom stereocenters. The molecular weight excluding hydrogens is 445 g/mol. The van der Waals surface area contributed by atoms with Gasteiger partial charge < -0.3 is 9.80 Å². The van der Waals surface area contributed by atoms with E-state index in [4.69, 9.17) is 0 Å². The second kappa shape index (κ2) is 9.44. The number of likely N-dealkylation sites (tertiary alicyclic amines) is 1. The van der Waals surface area contributed by atoms with Crippen molar-refractivity contribution in [3.8, 4) is 0 Å². The van der Waals surface area contributed by atoms with Gasteiger partial charge in [0.15, 0.2) is 0 Å². The van der Waals surface area contributed by atoms with E-state index in [1.54, 1.807) is 12.1 Å². The molecule has 6 nitrogen and oxygen atoms in total. The van der Waals surface area contributed by atoms with Gasteiger partial charge >= 0.3 is 0 Å². The summed E-state index contributed by atoms with van der Waals surface area (Å²) in [5.41, 5.74) is 0.182. The molecule has 0 N–H and O–H groups in total. The first kappa shape index (κ1) is 23.5.